The highest BCUT2D eigenvalue weighted by atomic mass is 32.1. The summed E-state index contributed by atoms with van der Waals surface area (Å²) >= 11 is 1.21. The third-order valence-corrected chi connectivity index (χ3v) is 7.10. The van der Waals surface area contributed by atoms with E-state index in [1.807, 2.05) is 32.4 Å². The van der Waals surface area contributed by atoms with Crippen molar-refractivity contribution >= 4 is 28.5 Å². The third kappa shape index (κ3) is 7.71. The second-order valence-electron chi connectivity index (χ2n) is 8.85. The number of nitrogens with one attached hydrogen (secondary N) is 1. The molecule has 9 nitrogen and oxygen atoms in total. The van der Waals surface area contributed by atoms with Crippen LogP contribution in [0.1, 0.15) is 27.3 Å². The molecule has 3 aromatic rings. The Kier molecular flexibility index (Phi) is 9.13. The van der Waals surface area contributed by atoms with Crippen molar-refractivity contribution in [1.29, 1.82) is 0 Å². The van der Waals surface area contributed by atoms with Gasteiger partial charge in [-0.05, 0) is 19.5 Å². The normalized spacial score (nSPS) is 20.2. The summed E-state index contributed by atoms with van der Waals surface area (Å²) in [6.45, 7) is 2.24. The summed E-state index contributed by atoms with van der Waals surface area (Å²) in [6, 6.07) is 5.75. The number of ether oxygens (including phenoxy) is 3. The Morgan fingerprint density at radius 1 is 1.30 bits per heavy atom. The summed E-state index contributed by atoms with van der Waals surface area (Å²) in [5.41, 5.74) is 2.37. The number of aldehydes is 1. The number of carbonyl (C=O) groups excluding carboxylic acids is 1. The molecule has 1 fully saturated rings. The predicted octanol–water partition coefficient (Wildman–Crippen LogP) is 3.18. The number of aromatic nitrogens is 3. The fourth-order valence-corrected chi connectivity index (χ4v) is 4.98. The number of carbonyl (C=O) groups is 1. The number of fused-ring (bicyclic) bond motifs is 2. The molecule has 4 heterocycles. The van der Waals surface area contributed by atoms with Gasteiger partial charge in [-0.2, -0.15) is 18.3 Å². The van der Waals surface area contributed by atoms with Gasteiger partial charge in [-0.25, -0.2) is 4.98 Å². The first-order chi connectivity index (χ1) is 17.7. The van der Waals surface area contributed by atoms with E-state index in [4.69, 9.17) is 14.2 Å². The number of benzene rings is 1. The van der Waals surface area contributed by atoms with Crippen molar-refractivity contribution in [2.24, 2.45) is 7.05 Å². The molecular formula is C24H30F3N5O4S. The molecule has 0 saturated carbocycles. The van der Waals surface area contributed by atoms with Gasteiger partial charge in [0.2, 0.25) is 0 Å². The first-order valence-electron chi connectivity index (χ1n) is 11.9. The lowest BCUT2D eigenvalue weighted by Crippen LogP contribution is -2.44. The molecule has 0 unspecified atom stereocenters. The molecule has 0 bridgehead atoms. The molecule has 37 heavy (non-hydrogen) atoms. The van der Waals surface area contributed by atoms with Crippen LogP contribution in [0, 0.1) is 0 Å². The Labute approximate surface area is 216 Å². The number of hydrogen-bond donors (Lipinski definition) is 1. The molecule has 2 aliphatic rings. The second-order valence-corrected chi connectivity index (χ2v) is 9.90. The van der Waals surface area contributed by atoms with Crippen LogP contribution in [0.3, 0.4) is 0 Å². The van der Waals surface area contributed by atoms with Crippen LogP contribution in [0.4, 0.5) is 13.2 Å². The predicted molar refractivity (Wildman–Crippen MR) is 132 cm³/mol. The minimum Gasteiger partial charge on any atom is -0.460 e. The number of aryl methyl sites for hydroxylation is 1. The van der Waals surface area contributed by atoms with Gasteiger partial charge in [0.15, 0.2) is 19.2 Å². The molecule has 5 rings (SSSR count). The molecule has 0 amide bonds. The highest BCUT2D eigenvalue weighted by Gasteiger charge is 2.30. The highest BCUT2D eigenvalue weighted by molar-refractivity contribution is 7.13. The van der Waals surface area contributed by atoms with E-state index < -0.39 is 12.8 Å². The first-order valence-corrected chi connectivity index (χ1v) is 12.7. The smallest absolute Gasteiger partial charge is 0.422 e. The Hall–Kier alpha value is -2.58. The van der Waals surface area contributed by atoms with Crippen molar-refractivity contribution in [3.05, 3.63) is 40.5 Å². The minimum absolute atomic E-state index is 0.0984. The van der Waals surface area contributed by atoms with Gasteiger partial charge in [0, 0.05) is 55.1 Å². The van der Waals surface area contributed by atoms with E-state index >= 15 is 0 Å². The largest absolute Gasteiger partial charge is 0.460 e. The zero-order chi connectivity index (χ0) is 26.4. The maximum absolute atomic E-state index is 12.2. The Morgan fingerprint density at radius 3 is 2.78 bits per heavy atom. The van der Waals surface area contributed by atoms with Gasteiger partial charge in [-0.3, -0.25) is 14.4 Å². The van der Waals surface area contributed by atoms with Crippen LogP contribution >= 0.6 is 11.3 Å². The molecule has 2 aliphatic heterocycles. The summed E-state index contributed by atoms with van der Waals surface area (Å²) in [5.74, 6) is 0. The van der Waals surface area contributed by atoms with Crippen molar-refractivity contribution in [3.63, 3.8) is 0 Å². The molecular weight excluding hydrogens is 511 g/mol. The molecule has 0 atom stereocenters. The van der Waals surface area contributed by atoms with Crippen molar-refractivity contribution < 1.29 is 32.2 Å². The van der Waals surface area contributed by atoms with Crippen molar-refractivity contribution in [2.45, 2.75) is 37.9 Å². The van der Waals surface area contributed by atoms with Crippen LogP contribution in [0.25, 0.3) is 10.9 Å². The minimum atomic E-state index is -4.34. The number of likely N-dealkylation sites (N-methyl/N-ethyl adjacent to an activating group) is 1. The summed E-state index contributed by atoms with van der Waals surface area (Å²) < 4.78 is 54.5. The monoisotopic (exact) mass is 541 g/mol. The van der Waals surface area contributed by atoms with Gasteiger partial charge in [-0.1, -0.05) is 23.5 Å². The first kappa shape index (κ1) is 27.5. The van der Waals surface area contributed by atoms with E-state index in [9.17, 15) is 18.0 Å². The molecule has 1 N–H and O–H groups in total. The van der Waals surface area contributed by atoms with E-state index in [0.717, 1.165) is 53.7 Å². The van der Waals surface area contributed by atoms with Gasteiger partial charge >= 0.3 is 6.18 Å². The summed E-state index contributed by atoms with van der Waals surface area (Å²) in [4.78, 5) is 18.0. The number of halogens is 3. The standard InChI is InChI=1S/C15H22F3N3O3S.C9H8N2O/c1-19-10-7-22-13(23-8-10)3-5-21-4-2-12-11(6-21)20-14(25-12)24-9-15(16,17)18;1-11-5-8-7(6-12)3-2-4-9(8)10-11/h10,13,19H,2-9H2,1H3;2-6H,1H3. The van der Waals surface area contributed by atoms with Gasteiger partial charge in [0.1, 0.15) is 0 Å². The SMILES string of the molecule is CNC1COC(CCN2CCc3sc(OCC(F)(F)F)nc3C2)OC1.Cn1cc2c(C=O)cccc2n1. The van der Waals surface area contributed by atoms with Gasteiger partial charge in [0.25, 0.3) is 5.19 Å². The van der Waals surface area contributed by atoms with Crippen molar-refractivity contribution in [1.82, 2.24) is 25.0 Å². The van der Waals surface area contributed by atoms with Crippen LogP contribution in [0.2, 0.25) is 0 Å². The van der Waals surface area contributed by atoms with Gasteiger partial charge in [0.05, 0.1) is 30.5 Å². The molecule has 0 aliphatic carbocycles. The number of thiazole rings is 1. The summed E-state index contributed by atoms with van der Waals surface area (Å²) in [5, 5.41) is 8.30. The van der Waals surface area contributed by atoms with Gasteiger partial charge < -0.3 is 19.5 Å². The van der Waals surface area contributed by atoms with E-state index in [1.54, 1.807) is 10.7 Å². The number of rotatable bonds is 7. The zero-order valence-corrected chi connectivity index (χ0v) is 21.5. The quantitative estimate of drug-likeness (QED) is 0.457. The number of alkyl halides is 3. The molecule has 13 heteroatoms. The molecule has 0 spiro atoms. The van der Waals surface area contributed by atoms with E-state index in [0.29, 0.717) is 25.3 Å². The van der Waals surface area contributed by atoms with E-state index in [1.165, 1.54) is 11.3 Å². The molecule has 0 radical (unpaired) electrons. The van der Waals surface area contributed by atoms with Crippen LogP contribution < -0.4 is 10.1 Å². The average Bonchev–Trinajstić information content (AvgIpc) is 3.48. The molecule has 1 aromatic carbocycles. The van der Waals surface area contributed by atoms with Gasteiger partial charge in [-0.15, -0.1) is 0 Å². The Balaban J connectivity index is 0.000000222. The van der Waals surface area contributed by atoms with Crippen molar-refractivity contribution in [2.75, 3.05) is 40.0 Å². The van der Waals surface area contributed by atoms with Crippen LogP contribution in [0.15, 0.2) is 24.4 Å². The van der Waals surface area contributed by atoms with E-state index in [2.05, 4.69) is 20.3 Å². The zero-order valence-electron chi connectivity index (χ0n) is 20.7. The van der Waals surface area contributed by atoms with Crippen LogP contribution in [-0.2, 0) is 29.5 Å². The second kappa shape index (κ2) is 12.3. The Bertz CT molecular complexity index is 1180. The maximum atomic E-state index is 12.2. The van der Waals surface area contributed by atoms with E-state index in [-0.39, 0.29) is 17.5 Å². The van der Waals surface area contributed by atoms with Crippen LogP contribution in [0.5, 0.6) is 5.19 Å². The maximum Gasteiger partial charge on any atom is 0.422 e. The number of hydrogen-bond acceptors (Lipinski definition) is 9. The molecule has 1 saturated heterocycles. The topological polar surface area (TPSA) is 90.7 Å². The average molecular weight is 542 g/mol. The fraction of sp³-hybridized carbons (Fsp3) is 0.542. The Morgan fingerprint density at radius 2 is 2.08 bits per heavy atom. The summed E-state index contributed by atoms with van der Waals surface area (Å²) in [6.07, 6.45) is -0.315. The fourth-order valence-electron chi connectivity index (χ4n) is 4.08. The van der Waals surface area contributed by atoms with Crippen LogP contribution in [-0.4, -0.2) is 84.4 Å². The highest BCUT2D eigenvalue weighted by Crippen LogP contribution is 2.31. The molecule has 2 aromatic heterocycles. The lowest BCUT2D eigenvalue weighted by atomic mass is 10.1. The lowest BCUT2D eigenvalue weighted by molar-refractivity contribution is -0.193. The molecule has 202 valence electrons. The van der Waals surface area contributed by atoms with Crippen molar-refractivity contribution in [3.8, 4) is 5.19 Å². The number of nitrogens with zero attached hydrogens (tertiary/aromatic N) is 4. The summed E-state index contributed by atoms with van der Waals surface area (Å²) in [7, 11) is 3.72. The third-order valence-electron chi connectivity index (χ3n) is 6.03. The lowest BCUT2D eigenvalue weighted by Gasteiger charge is -2.31.